The van der Waals surface area contributed by atoms with Gasteiger partial charge in [0.15, 0.2) is 0 Å². The van der Waals surface area contributed by atoms with Crippen LogP contribution >= 0.6 is 0 Å². The molecule has 5 nitrogen and oxygen atoms in total. The van der Waals surface area contributed by atoms with Crippen molar-refractivity contribution >= 4 is 6.09 Å². The first-order chi connectivity index (χ1) is 8.26. The number of rotatable bonds is 2. The van der Waals surface area contributed by atoms with Crippen LogP contribution in [-0.4, -0.2) is 55.9 Å². The maximum Gasteiger partial charge on any atom is 0.410 e. The quantitative estimate of drug-likeness (QED) is 0.682. The number of nitrogens with one attached hydrogen (secondary N) is 2. The van der Waals surface area contributed by atoms with Crippen molar-refractivity contribution in [1.29, 1.82) is 0 Å². The molecule has 0 atom stereocenters. The van der Waals surface area contributed by atoms with Gasteiger partial charge in [-0.1, -0.05) is 12.7 Å². The molecular weight excluding hydrogens is 218 g/mol. The summed E-state index contributed by atoms with van der Waals surface area (Å²) in [6, 6.07) is 0. The standard InChI is InChI=1S/C12H21N3O2/c1-2-9-17-11(16)15-7-3-12(4-8-15)10-13-5-6-14-12/h2,13-14H,1,3-10H2. The van der Waals surface area contributed by atoms with Gasteiger partial charge in [0.2, 0.25) is 0 Å². The van der Waals surface area contributed by atoms with Crippen molar-refractivity contribution in [3.63, 3.8) is 0 Å². The van der Waals surface area contributed by atoms with E-state index in [9.17, 15) is 4.79 Å². The van der Waals surface area contributed by atoms with Gasteiger partial charge in [0.05, 0.1) is 0 Å². The van der Waals surface area contributed by atoms with Crippen LogP contribution in [0.5, 0.6) is 0 Å². The van der Waals surface area contributed by atoms with Crippen LogP contribution in [0.3, 0.4) is 0 Å². The summed E-state index contributed by atoms with van der Waals surface area (Å²) in [4.78, 5) is 13.4. The first-order valence-corrected chi connectivity index (χ1v) is 6.24. The largest absolute Gasteiger partial charge is 0.445 e. The minimum Gasteiger partial charge on any atom is -0.445 e. The van der Waals surface area contributed by atoms with E-state index in [0.29, 0.717) is 6.61 Å². The molecule has 2 aliphatic heterocycles. The molecule has 17 heavy (non-hydrogen) atoms. The Morgan fingerprint density at radius 2 is 2.18 bits per heavy atom. The minimum atomic E-state index is -0.219. The molecule has 2 saturated heterocycles. The molecule has 0 saturated carbocycles. The smallest absolute Gasteiger partial charge is 0.410 e. The summed E-state index contributed by atoms with van der Waals surface area (Å²) in [5, 5.41) is 6.99. The number of piperazine rings is 1. The van der Waals surface area contributed by atoms with Crippen molar-refractivity contribution in [2.45, 2.75) is 18.4 Å². The molecule has 96 valence electrons. The van der Waals surface area contributed by atoms with Crippen LogP contribution < -0.4 is 10.6 Å². The lowest BCUT2D eigenvalue weighted by Crippen LogP contribution is -2.63. The SMILES string of the molecule is C=CCOC(=O)N1CCC2(CC1)CNCCN2. The molecule has 1 amide bonds. The summed E-state index contributed by atoms with van der Waals surface area (Å²) < 4.78 is 5.04. The molecule has 0 unspecified atom stereocenters. The third-order valence-electron chi connectivity index (χ3n) is 3.57. The van der Waals surface area contributed by atoms with Gasteiger partial charge in [-0.15, -0.1) is 0 Å². The van der Waals surface area contributed by atoms with Gasteiger partial charge in [0, 0.05) is 38.3 Å². The first-order valence-electron chi connectivity index (χ1n) is 6.24. The Kier molecular flexibility index (Phi) is 4.02. The molecule has 0 radical (unpaired) electrons. The van der Waals surface area contributed by atoms with Crippen LogP contribution in [0.15, 0.2) is 12.7 Å². The molecule has 0 aromatic heterocycles. The number of amides is 1. The van der Waals surface area contributed by atoms with E-state index >= 15 is 0 Å². The van der Waals surface area contributed by atoms with Crippen molar-refractivity contribution in [3.05, 3.63) is 12.7 Å². The van der Waals surface area contributed by atoms with Crippen LogP contribution in [0, 0.1) is 0 Å². The van der Waals surface area contributed by atoms with Crippen molar-refractivity contribution < 1.29 is 9.53 Å². The van der Waals surface area contributed by atoms with Crippen LogP contribution in [0.2, 0.25) is 0 Å². The van der Waals surface area contributed by atoms with Gasteiger partial charge < -0.3 is 20.3 Å². The molecule has 2 aliphatic rings. The highest BCUT2D eigenvalue weighted by atomic mass is 16.6. The Morgan fingerprint density at radius 1 is 1.41 bits per heavy atom. The zero-order chi connectivity index (χ0) is 12.1. The first kappa shape index (κ1) is 12.4. The van der Waals surface area contributed by atoms with E-state index in [-0.39, 0.29) is 11.6 Å². The van der Waals surface area contributed by atoms with Crippen LogP contribution in [0.25, 0.3) is 0 Å². The second-order valence-electron chi connectivity index (χ2n) is 4.74. The van der Waals surface area contributed by atoms with Crippen molar-refractivity contribution in [3.8, 4) is 0 Å². The number of hydrogen-bond acceptors (Lipinski definition) is 4. The number of ether oxygens (including phenoxy) is 1. The summed E-state index contributed by atoms with van der Waals surface area (Å²) in [5.41, 5.74) is 0.188. The molecule has 1 spiro atoms. The topological polar surface area (TPSA) is 53.6 Å². The molecule has 2 heterocycles. The van der Waals surface area contributed by atoms with E-state index in [4.69, 9.17) is 4.74 Å². The van der Waals surface area contributed by atoms with Gasteiger partial charge in [0.25, 0.3) is 0 Å². The Morgan fingerprint density at radius 3 is 2.76 bits per heavy atom. The van der Waals surface area contributed by atoms with E-state index in [2.05, 4.69) is 17.2 Å². The number of piperidine rings is 1. The molecule has 2 fully saturated rings. The molecule has 0 aromatic rings. The predicted octanol–water partition coefficient (Wildman–Crippen LogP) is 0.336. The number of carbonyl (C=O) groups is 1. The summed E-state index contributed by atoms with van der Waals surface area (Å²) in [7, 11) is 0. The van der Waals surface area contributed by atoms with E-state index in [0.717, 1.165) is 45.6 Å². The van der Waals surface area contributed by atoms with Crippen LogP contribution in [-0.2, 0) is 4.74 Å². The fourth-order valence-corrected chi connectivity index (χ4v) is 2.50. The third-order valence-corrected chi connectivity index (χ3v) is 3.57. The van der Waals surface area contributed by atoms with E-state index < -0.39 is 0 Å². The number of likely N-dealkylation sites (tertiary alicyclic amines) is 1. The normalized spacial score (nSPS) is 23.4. The highest BCUT2D eigenvalue weighted by Gasteiger charge is 2.36. The predicted molar refractivity (Wildman–Crippen MR) is 66.0 cm³/mol. The van der Waals surface area contributed by atoms with Gasteiger partial charge in [-0.2, -0.15) is 0 Å². The number of nitrogens with zero attached hydrogens (tertiary/aromatic N) is 1. The molecular formula is C12H21N3O2. The highest BCUT2D eigenvalue weighted by molar-refractivity contribution is 5.67. The maximum atomic E-state index is 11.6. The van der Waals surface area contributed by atoms with Crippen LogP contribution in [0.1, 0.15) is 12.8 Å². The summed E-state index contributed by atoms with van der Waals surface area (Å²) in [5.74, 6) is 0. The summed E-state index contributed by atoms with van der Waals surface area (Å²) >= 11 is 0. The van der Waals surface area contributed by atoms with E-state index in [1.807, 2.05) is 0 Å². The Balaban J connectivity index is 1.80. The number of hydrogen-bond donors (Lipinski definition) is 2. The van der Waals surface area contributed by atoms with Crippen molar-refractivity contribution in [2.75, 3.05) is 39.3 Å². The maximum absolute atomic E-state index is 11.6. The van der Waals surface area contributed by atoms with Gasteiger partial charge in [0.1, 0.15) is 6.61 Å². The second kappa shape index (κ2) is 5.51. The van der Waals surface area contributed by atoms with Crippen LogP contribution in [0.4, 0.5) is 4.79 Å². The fourth-order valence-electron chi connectivity index (χ4n) is 2.50. The van der Waals surface area contributed by atoms with E-state index in [1.54, 1.807) is 11.0 Å². The second-order valence-corrected chi connectivity index (χ2v) is 4.74. The van der Waals surface area contributed by atoms with Gasteiger partial charge in [-0.05, 0) is 12.8 Å². The molecule has 2 N–H and O–H groups in total. The van der Waals surface area contributed by atoms with Gasteiger partial charge in [-0.3, -0.25) is 0 Å². The monoisotopic (exact) mass is 239 g/mol. The average molecular weight is 239 g/mol. The zero-order valence-electron chi connectivity index (χ0n) is 10.2. The Bertz CT molecular complexity index is 277. The zero-order valence-corrected chi connectivity index (χ0v) is 10.2. The lowest BCUT2D eigenvalue weighted by atomic mass is 9.86. The lowest BCUT2D eigenvalue weighted by molar-refractivity contribution is 0.0801. The lowest BCUT2D eigenvalue weighted by Gasteiger charge is -2.44. The van der Waals surface area contributed by atoms with Gasteiger partial charge in [-0.25, -0.2) is 4.79 Å². The summed E-state index contributed by atoms with van der Waals surface area (Å²) in [6.07, 6.45) is 3.35. The summed E-state index contributed by atoms with van der Waals surface area (Å²) in [6.45, 7) is 8.41. The Labute approximate surface area is 102 Å². The van der Waals surface area contributed by atoms with Gasteiger partial charge >= 0.3 is 6.09 Å². The minimum absolute atomic E-state index is 0.188. The molecule has 0 aliphatic carbocycles. The molecule has 0 aromatic carbocycles. The molecule has 0 bridgehead atoms. The van der Waals surface area contributed by atoms with E-state index in [1.165, 1.54) is 0 Å². The fraction of sp³-hybridized carbons (Fsp3) is 0.750. The van der Waals surface area contributed by atoms with Crippen molar-refractivity contribution in [1.82, 2.24) is 15.5 Å². The third kappa shape index (κ3) is 2.98. The average Bonchev–Trinajstić information content (AvgIpc) is 2.38. The molecule has 2 rings (SSSR count). The Hall–Kier alpha value is -1.07. The highest BCUT2D eigenvalue weighted by Crippen LogP contribution is 2.23. The number of carbonyl (C=O) groups excluding carboxylic acids is 1. The molecule has 5 heteroatoms. The van der Waals surface area contributed by atoms with Crippen molar-refractivity contribution in [2.24, 2.45) is 0 Å².